The van der Waals surface area contributed by atoms with Gasteiger partial charge in [-0.25, -0.2) is 0 Å². The third-order valence-corrected chi connectivity index (χ3v) is 3.74. The molecule has 3 N–H and O–H groups in total. The number of hydrogen-bond donors (Lipinski definition) is 2. The lowest BCUT2D eigenvalue weighted by molar-refractivity contribution is -0.137. The SMILES string of the molecule is CN(CC(=O)Nc1ccc(C(F)(F)F)cc1N)C1CCC1. The van der Waals surface area contributed by atoms with Gasteiger partial charge in [-0.05, 0) is 38.1 Å². The van der Waals surface area contributed by atoms with Crippen molar-refractivity contribution >= 4 is 17.3 Å². The van der Waals surface area contributed by atoms with E-state index in [1.165, 1.54) is 12.5 Å². The highest BCUT2D eigenvalue weighted by atomic mass is 19.4. The zero-order valence-corrected chi connectivity index (χ0v) is 11.7. The molecule has 0 saturated heterocycles. The van der Waals surface area contributed by atoms with Gasteiger partial charge in [0, 0.05) is 6.04 Å². The molecule has 2 rings (SSSR count). The number of alkyl halides is 3. The van der Waals surface area contributed by atoms with Gasteiger partial charge in [-0.3, -0.25) is 9.69 Å². The standard InChI is InChI=1S/C14H18F3N3O/c1-20(10-3-2-4-10)8-13(21)19-12-6-5-9(7-11(12)18)14(15,16)17/h5-7,10H,2-4,8,18H2,1H3,(H,19,21). The number of nitrogen functional groups attached to an aromatic ring is 1. The summed E-state index contributed by atoms with van der Waals surface area (Å²) in [5.41, 5.74) is 4.85. The number of rotatable bonds is 4. The Kier molecular flexibility index (Phi) is 4.41. The predicted molar refractivity (Wildman–Crippen MR) is 74.8 cm³/mol. The van der Waals surface area contributed by atoms with Crippen molar-refractivity contribution in [1.29, 1.82) is 0 Å². The molecule has 0 bridgehead atoms. The maximum absolute atomic E-state index is 12.5. The maximum Gasteiger partial charge on any atom is 0.416 e. The summed E-state index contributed by atoms with van der Waals surface area (Å²) in [7, 11) is 1.86. The molecule has 7 heteroatoms. The smallest absolute Gasteiger partial charge is 0.397 e. The normalized spacial score (nSPS) is 15.9. The summed E-state index contributed by atoms with van der Waals surface area (Å²) in [5.74, 6) is -0.282. The molecule has 0 aliphatic heterocycles. The number of anilines is 2. The second-order valence-electron chi connectivity index (χ2n) is 5.35. The van der Waals surface area contributed by atoms with E-state index in [1.54, 1.807) is 0 Å². The molecule has 1 aliphatic rings. The summed E-state index contributed by atoms with van der Waals surface area (Å²) in [4.78, 5) is 13.8. The van der Waals surface area contributed by atoms with Crippen LogP contribution in [0.5, 0.6) is 0 Å². The number of carbonyl (C=O) groups excluding carboxylic acids is 1. The van der Waals surface area contributed by atoms with Gasteiger partial charge in [0.05, 0.1) is 23.5 Å². The molecule has 21 heavy (non-hydrogen) atoms. The van der Waals surface area contributed by atoms with Crippen LogP contribution in [0.1, 0.15) is 24.8 Å². The van der Waals surface area contributed by atoms with E-state index < -0.39 is 11.7 Å². The van der Waals surface area contributed by atoms with Crippen LogP contribution in [0.2, 0.25) is 0 Å². The van der Waals surface area contributed by atoms with Crippen LogP contribution in [0, 0.1) is 0 Å². The summed E-state index contributed by atoms with van der Waals surface area (Å²) in [6.07, 6.45) is -1.12. The number of nitrogens with zero attached hydrogens (tertiary/aromatic N) is 1. The van der Waals surface area contributed by atoms with Crippen molar-refractivity contribution in [3.63, 3.8) is 0 Å². The van der Waals surface area contributed by atoms with E-state index in [1.807, 2.05) is 11.9 Å². The summed E-state index contributed by atoms with van der Waals surface area (Å²) in [6.45, 7) is 0.200. The van der Waals surface area contributed by atoms with E-state index in [4.69, 9.17) is 5.73 Å². The molecule has 4 nitrogen and oxygen atoms in total. The van der Waals surface area contributed by atoms with Crippen LogP contribution in [0.4, 0.5) is 24.5 Å². The van der Waals surface area contributed by atoms with Crippen molar-refractivity contribution in [2.75, 3.05) is 24.6 Å². The van der Waals surface area contributed by atoms with Crippen molar-refractivity contribution in [2.45, 2.75) is 31.5 Å². The molecular weight excluding hydrogens is 283 g/mol. The third kappa shape index (κ3) is 3.87. The van der Waals surface area contributed by atoms with Crippen molar-refractivity contribution in [3.8, 4) is 0 Å². The van der Waals surface area contributed by atoms with Crippen LogP contribution in [-0.2, 0) is 11.0 Å². The van der Waals surface area contributed by atoms with Crippen molar-refractivity contribution in [3.05, 3.63) is 23.8 Å². The van der Waals surface area contributed by atoms with Gasteiger partial charge in [0.25, 0.3) is 0 Å². The molecular formula is C14H18F3N3O. The number of halogens is 3. The Bertz CT molecular complexity index is 527. The highest BCUT2D eigenvalue weighted by Gasteiger charge is 2.31. The first kappa shape index (κ1) is 15.6. The molecule has 0 aromatic heterocycles. The van der Waals surface area contributed by atoms with Crippen molar-refractivity contribution in [1.82, 2.24) is 4.90 Å². The zero-order valence-electron chi connectivity index (χ0n) is 11.7. The molecule has 0 atom stereocenters. The lowest BCUT2D eigenvalue weighted by Gasteiger charge is -2.34. The molecule has 1 amide bonds. The van der Waals surface area contributed by atoms with Gasteiger partial charge in [0.2, 0.25) is 5.91 Å². The van der Waals surface area contributed by atoms with Crippen molar-refractivity contribution < 1.29 is 18.0 Å². The number of benzene rings is 1. The summed E-state index contributed by atoms with van der Waals surface area (Å²) in [5, 5.41) is 2.55. The fraction of sp³-hybridized carbons (Fsp3) is 0.500. The minimum Gasteiger partial charge on any atom is -0.397 e. The molecule has 1 aliphatic carbocycles. The van der Waals surface area contributed by atoms with Crippen LogP contribution in [0.3, 0.4) is 0 Å². The third-order valence-electron chi connectivity index (χ3n) is 3.74. The summed E-state index contributed by atoms with van der Waals surface area (Å²) in [6, 6.07) is 3.33. The minimum atomic E-state index is -4.44. The van der Waals surface area contributed by atoms with Gasteiger partial charge in [-0.15, -0.1) is 0 Å². The number of carbonyl (C=O) groups is 1. The lowest BCUT2D eigenvalue weighted by atomic mass is 9.92. The van der Waals surface area contributed by atoms with E-state index in [9.17, 15) is 18.0 Å². The Morgan fingerprint density at radius 3 is 2.57 bits per heavy atom. The van der Waals surface area contributed by atoms with Gasteiger partial charge in [-0.2, -0.15) is 13.2 Å². The summed E-state index contributed by atoms with van der Waals surface area (Å²) < 4.78 is 37.6. The second kappa shape index (κ2) is 5.93. The van der Waals surface area contributed by atoms with Crippen molar-refractivity contribution in [2.24, 2.45) is 0 Å². The van der Waals surface area contributed by atoms with Gasteiger partial charge in [0.15, 0.2) is 0 Å². The highest BCUT2D eigenvalue weighted by Crippen LogP contribution is 2.32. The molecule has 1 fully saturated rings. The Hall–Kier alpha value is -1.76. The Labute approximate surface area is 121 Å². The number of nitrogens with one attached hydrogen (secondary N) is 1. The average molecular weight is 301 g/mol. The predicted octanol–water partition coefficient (Wildman–Crippen LogP) is 2.71. The number of nitrogens with two attached hydrogens (primary N) is 1. The molecule has 0 unspecified atom stereocenters. The first-order valence-corrected chi connectivity index (χ1v) is 6.74. The number of likely N-dealkylation sites (N-methyl/N-ethyl adjacent to an activating group) is 1. The van der Waals surface area contributed by atoms with Gasteiger partial charge >= 0.3 is 6.18 Å². The van der Waals surface area contributed by atoms with E-state index in [-0.39, 0.29) is 23.8 Å². The molecule has 0 heterocycles. The summed E-state index contributed by atoms with van der Waals surface area (Å²) >= 11 is 0. The Morgan fingerprint density at radius 2 is 2.10 bits per heavy atom. The lowest BCUT2D eigenvalue weighted by Crippen LogP contribution is -2.41. The van der Waals surface area contributed by atoms with Crippen LogP contribution in [0.15, 0.2) is 18.2 Å². The highest BCUT2D eigenvalue weighted by molar-refractivity contribution is 5.95. The van der Waals surface area contributed by atoms with Crippen LogP contribution in [-0.4, -0.2) is 30.4 Å². The van der Waals surface area contributed by atoms with Crippen LogP contribution in [0.25, 0.3) is 0 Å². The number of amides is 1. The molecule has 0 spiro atoms. The van der Waals surface area contributed by atoms with E-state index >= 15 is 0 Å². The minimum absolute atomic E-state index is 0.0931. The molecule has 116 valence electrons. The van der Waals surface area contributed by atoms with Crippen LogP contribution < -0.4 is 11.1 Å². The molecule has 1 aromatic carbocycles. The maximum atomic E-state index is 12.5. The number of hydrogen-bond acceptors (Lipinski definition) is 3. The molecule has 1 aromatic rings. The molecule has 1 saturated carbocycles. The zero-order chi connectivity index (χ0) is 15.6. The Morgan fingerprint density at radius 1 is 1.43 bits per heavy atom. The first-order valence-electron chi connectivity index (χ1n) is 6.74. The van der Waals surface area contributed by atoms with Crippen LogP contribution >= 0.6 is 0 Å². The van der Waals surface area contributed by atoms with Gasteiger partial charge < -0.3 is 11.1 Å². The second-order valence-corrected chi connectivity index (χ2v) is 5.35. The molecule has 0 radical (unpaired) electrons. The monoisotopic (exact) mass is 301 g/mol. The van der Waals surface area contributed by atoms with Gasteiger partial charge in [-0.1, -0.05) is 6.42 Å². The fourth-order valence-electron chi connectivity index (χ4n) is 2.23. The fourth-order valence-corrected chi connectivity index (χ4v) is 2.23. The van der Waals surface area contributed by atoms with E-state index in [0.29, 0.717) is 6.04 Å². The van der Waals surface area contributed by atoms with Gasteiger partial charge in [0.1, 0.15) is 0 Å². The average Bonchev–Trinajstić information content (AvgIpc) is 2.27. The first-order chi connectivity index (χ1) is 9.77. The van der Waals surface area contributed by atoms with E-state index in [0.717, 1.165) is 25.0 Å². The quantitative estimate of drug-likeness (QED) is 0.841. The van der Waals surface area contributed by atoms with E-state index in [2.05, 4.69) is 5.32 Å². The largest absolute Gasteiger partial charge is 0.416 e. The topological polar surface area (TPSA) is 58.4 Å². The Balaban J connectivity index is 1.97.